The minimum absolute atomic E-state index is 0.0227. The Morgan fingerprint density at radius 2 is 1.71 bits per heavy atom. The first-order valence-electron chi connectivity index (χ1n) is 10.9. The Bertz CT molecular complexity index is 1320. The number of nitro benzene ring substituents is 1. The molecule has 2 unspecified atom stereocenters. The number of nitrogens with one attached hydrogen (secondary N) is 2. The van der Waals surface area contributed by atoms with Crippen LogP contribution in [-0.4, -0.2) is 22.9 Å². The minimum atomic E-state index is -0.663. The normalized spacial score (nSPS) is 19.3. The van der Waals surface area contributed by atoms with Gasteiger partial charge in [0.2, 0.25) is 5.75 Å². The maximum Gasteiger partial charge on any atom is 0.315 e. The first-order chi connectivity index (χ1) is 16.5. The van der Waals surface area contributed by atoms with Gasteiger partial charge in [-0.25, -0.2) is 0 Å². The first kappa shape index (κ1) is 21.5. The Hall–Kier alpha value is -4.33. The minimum Gasteiger partial charge on any atom is -0.500 e. The van der Waals surface area contributed by atoms with Crippen LogP contribution in [0.4, 0.5) is 17.1 Å². The standard InChI is InChI=1S/C26H23N3O5/c1-34-23-14-17(12-21(26(23)31)29(32)33)25-24-20(27-18-9-5-6-10-19(18)28-25)11-16(13-22(24)30)15-7-3-2-4-8-15/h2-10,12,14,16,25,27-28,31H,11,13H2,1H3. The highest BCUT2D eigenvalue weighted by Gasteiger charge is 2.37. The summed E-state index contributed by atoms with van der Waals surface area (Å²) in [5.74, 6) is -0.585. The van der Waals surface area contributed by atoms with E-state index in [0.717, 1.165) is 22.6 Å². The number of carbonyl (C=O) groups excluding carboxylic acids is 1. The van der Waals surface area contributed by atoms with E-state index in [1.807, 2.05) is 54.6 Å². The van der Waals surface area contributed by atoms with Crippen molar-refractivity contribution in [2.24, 2.45) is 0 Å². The average molecular weight is 457 g/mol. The molecule has 5 rings (SSSR count). The molecule has 2 atom stereocenters. The number of ketones is 1. The van der Waals surface area contributed by atoms with Crippen molar-refractivity contribution in [2.45, 2.75) is 24.8 Å². The fraction of sp³-hybridized carbons (Fsp3) is 0.192. The van der Waals surface area contributed by atoms with Gasteiger partial charge in [-0.1, -0.05) is 42.5 Å². The van der Waals surface area contributed by atoms with Gasteiger partial charge >= 0.3 is 5.69 Å². The van der Waals surface area contributed by atoms with E-state index in [4.69, 9.17) is 4.74 Å². The SMILES string of the molecule is COc1cc(C2Nc3ccccc3NC3=C2C(=O)CC(c2ccccc2)C3)cc([N+](=O)[O-])c1O. The van der Waals surface area contributed by atoms with Gasteiger partial charge < -0.3 is 20.5 Å². The van der Waals surface area contributed by atoms with E-state index in [1.165, 1.54) is 19.2 Å². The molecule has 0 saturated carbocycles. The highest BCUT2D eigenvalue weighted by atomic mass is 16.6. The van der Waals surface area contributed by atoms with Crippen molar-refractivity contribution in [2.75, 3.05) is 17.7 Å². The summed E-state index contributed by atoms with van der Waals surface area (Å²) in [5.41, 5.74) is 3.97. The fourth-order valence-corrected chi connectivity index (χ4v) is 4.78. The van der Waals surface area contributed by atoms with E-state index in [1.54, 1.807) is 0 Å². The predicted molar refractivity (Wildman–Crippen MR) is 128 cm³/mol. The van der Waals surface area contributed by atoms with Crippen LogP contribution in [0.25, 0.3) is 0 Å². The molecule has 8 heteroatoms. The third kappa shape index (κ3) is 3.73. The predicted octanol–water partition coefficient (Wildman–Crippen LogP) is 5.29. The molecule has 0 radical (unpaired) electrons. The van der Waals surface area contributed by atoms with Crippen molar-refractivity contribution in [3.05, 3.63) is 99.2 Å². The summed E-state index contributed by atoms with van der Waals surface area (Å²) in [5, 5.41) is 28.7. The Morgan fingerprint density at radius 1 is 1.00 bits per heavy atom. The molecule has 3 N–H and O–H groups in total. The maximum atomic E-state index is 13.6. The van der Waals surface area contributed by atoms with Gasteiger partial charge in [0, 0.05) is 23.8 Å². The van der Waals surface area contributed by atoms with Crippen molar-refractivity contribution in [1.29, 1.82) is 0 Å². The molecule has 0 amide bonds. The number of phenolic OH excluding ortho intramolecular Hbond substituents is 1. The lowest BCUT2D eigenvalue weighted by atomic mass is 9.78. The topological polar surface area (TPSA) is 114 Å². The molecule has 0 spiro atoms. The summed E-state index contributed by atoms with van der Waals surface area (Å²) < 4.78 is 5.21. The van der Waals surface area contributed by atoms with E-state index in [9.17, 15) is 20.0 Å². The molecule has 2 aliphatic rings. The van der Waals surface area contributed by atoms with Crippen molar-refractivity contribution in [3.63, 3.8) is 0 Å². The summed E-state index contributed by atoms with van der Waals surface area (Å²) >= 11 is 0. The highest BCUT2D eigenvalue weighted by Crippen LogP contribution is 2.46. The van der Waals surface area contributed by atoms with Crippen LogP contribution in [0, 0.1) is 10.1 Å². The van der Waals surface area contributed by atoms with Crippen LogP contribution in [0.2, 0.25) is 0 Å². The Morgan fingerprint density at radius 3 is 2.41 bits per heavy atom. The third-order valence-corrected chi connectivity index (χ3v) is 6.41. The lowest BCUT2D eigenvalue weighted by molar-refractivity contribution is -0.386. The van der Waals surface area contributed by atoms with Crippen LogP contribution >= 0.6 is 0 Å². The van der Waals surface area contributed by atoms with Crippen LogP contribution in [-0.2, 0) is 4.79 Å². The lowest BCUT2D eigenvalue weighted by Crippen LogP contribution is -2.27. The van der Waals surface area contributed by atoms with Gasteiger partial charge in [-0.15, -0.1) is 0 Å². The number of carbonyl (C=O) groups is 1. The monoisotopic (exact) mass is 457 g/mol. The second-order valence-corrected chi connectivity index (χ2v) is 8.43. The van der Waals surface area contributed by atoms with Crippen molar-refractivity contribution >= 4 is 22.8 Å². The largest absolute Gasteiger partial charge is 0.500 e. The number of para-hydroxylation sites is 2. The number of nitrogens with zero attached hydrogens (tertiary/aromatic N) is 1. The Kier molecular flexibility index (Phi) is 5.41. The van der Waals surface area contributed by atoms with Crippen LogP contribution < -0.4 is 15.4 Å². The van der Waals surface area contributed by atoms with E-state index >= 15 is 0 Å². The van der Waals surface area contributed by atoms with E-state index in [-0.39, 0.29) is 17.5 Å². The van der Waals surface area contributed by atoms with Gasteiger partial charge in [0.25, 0.3) is 0 Å². The molecule has 172 valence electrons. The number of nitro groups is 1. The van der Waals surface area contributed by atoms with E-state index in [0.29, 0.717) is 24.0 Å². The van der Waals surface area contributed by atoms with Crippen LogP contribution in [0.3, 0.4) is 0 Å². The summed E-state index contributed by atoms with van der Waals surface area (Å²) in [6, 6.07) is 19.7. The average Bonchev–Trinajstić information content (AvgIpc) is 3.01. The third-order valence-electron chi connectivity index (χ3n) is 6.41. The van der Waals surface area contributed by atoms with E-state index < -0.39 is 22.4 Å². The molecule has 0 fully saturated rings. The van der Waals surface area contributed by atoms with Gasteiger partial charge in [0.1, 0.15) is 0 Å². The molecule has 1 aliphatic heterocycles. The van der Waals surface area contributed by atoms with Crippen LogP contribution in [0.15, 0.2) is 78.0 Å². The zero-order valence-corrected chi connectivity index (χ0v) is 18.4. The molecular weight excluding hydrogens is 434 g/mol. The number of methoxy groups -OCH3 is 1. The molecule has 1 heterocycles. The summed E-state index contributed by atoms with van der Waals surface area (Å²) in [4.78, 5) is 24.5. The van der Waals surface area contributed by atoms with Crippen molar-refractivity contribution < 1.29 is 19.6 Å². The fourth-order valence-electron chi connectivity index (χ4n) is 4.78. The molecule has 8 nitrogen and oxygen atoms in total. The number of hydrogen-bond donors (Lipinski definition) is 3. The zero-order valence-electron chi connectivity index (χ0n) is 18.4. The Balaban J connectivity index is 1.67. The molecule has 1 aliphatic carbocycles. The number of allylic oxidation sites excluding steroid dienone is 1. The van der Waals surface area contributed by atoms with E-state index in [2.05, 4.69) is 10.6 Å². The molecule has 3 aromatic carbocycles. The number of anilines is 2. The molecule has 0 aromatic heterocycles. The number of benzene rings is 3. The Labute approximate surface area is 196 Å². The van der Waals surface area contributed by atoms with Gasteiger partial charge in [-0.2, -0.15) is 0 Å². The summed E-state index contributed by atoms with van der Waals surface area (Å²) in [6.45, 7) is 0. The molecule has 3 aromatic rings. The number of hydrogen-bond acceptors (Lipinski definition) is 7. The molecule has 34 heavy (non-hydrogen) atoms. The number of ether oxygens (including phenoxy) is 1. The van der Waals surface area contributed by atoms with Crippen LogP contribution in [0.1, 0.15) is 35.9 Å². The van der Waals surface area contributed by atoms with Crippen molar-refractivity contribution in [3.8, 4) is 11.5 Å². The zero-order chi connectivity index (χ0) is 23.8. The summed E-state index contributed by atoms with van der Waals surface area (Å²) in [6.07, 6.45) is 0.950. The summed E-state index contributed by atoms with van der Waals surface area (Å²) in [7, 11) is 1.33. The first-order valence-corrected chi connectivity index (χ1v) is 10.9. The van der Waals surface area contributed by atoms with Gasteiger partial charge in [-0.05, 0) is 41.7 Å². The van der Waals surface area contributed by atoms with Gasteiger partial charge in [0.15, 0.2) is 11.5 Å². The maximum absolute atomic E-state index is 13.6. The van der Waals surface area contributed by atoms with Gasteiger partial charge in [0.05, 0.1) is 29.4 Å². The quantitative estimate of drug-likeness (QED) is 0.360. The second-order valence-electron chi connectivity index (χ2n) is 8.43. The number of phenols is 1. The second kappa shape index (κ2) is 8.55. The highest BCUT2D eigenvalue weighted by molar-refractivity contribution is 6.01. The number of rotatable bonds is 4. The number of aromatic hydroxyl groups is 1. The van der Waals surface area contributed by atoms with Crippen LogP contribution in [0.5, 0.6) is 11.5 Å². The number of Topliss-reactive ketones (excluding diaryl/α,β-unsaturated/α-hetero) is 1. The lowest BCUT2D eigenvalue weighted by Gasteiger charge is -2.30. The smallest absolute Gasteiger partial charge is 0.315 e. The molecule has 0 saturated heterocycles. The molecular formula is C26H23N3O5. The number of fused-ring (bicyclic) bond motifs is 1. The molecule has 0 bridgehead atoms. The van der Waals surface area contributed by atoms with Gasteiger partial charge in [-0.3, -0.25) is 14.9 Å². The van der Waals surface area contributed by atoms with Crippen molar-refractivity contribution in [1.82, 2.24) is 0 Å².